The fourth-order valence-electron chi connectivity index (χ4n) is 3.10. The van der Waals surface area contributed by atoms with Crippen LogP contribution < -0.4 is 4.74 Å². The van der Waals surface area contributed by atoms with Crippen molar-refractivity contribution in [3.63, 3.8) is 0 Å². The van der Waals surface area contributed by atoms with Gasteiger partial charge in [0.2, 0.25) is 0 Å². The van der Waals surface area contributed by atoms with Crippen LogP contribution in [0.3, 0.4) is 0 Å². The van der Waals surface area contributed by atoms with Crippen molar-refractivity contribution < 1.29 is 19.1 Å². The number of amides is 1. The molecule has 0 unspecified atom stereocenters. The number of carbonyl (C=O) groups excluding carboxylic acids is 2. The van der Waals surface area contributed by atoms with E-state index in [9.17, 15) is 9.59 Å². The summed E-state index contributed by atoms with van der Waals surface area (Å²) in [5, 5.41) is 0. The quantitative estimate of drug-likeness (QED) is 0.774. The molecule has 1 aliphatic heterocycles. The minimum absolute atomic E-state index is 0.00275. The van der Waals surface area contributed by atoms with Crippen LogP contribution in [0.2, 0.25) is 0 Å². The van der Waals surface area contributed by atoms with Crippen molar-refractivity contribution in [3.05, 3.63) is 65.2 Å². The first-order valence-corrected chi connectivity index (χ1v) is 9.03. The van der Waals surface area contributed by atoms with E-state index in [1.165, 1.54) is 7.11 Å². The van der Waals surface area contributed by atoms with Crippen LogP contribution in [0.25, 0.3) is 0 Å². The molecule has 5 heteroatoms. The van der Waals surface area contributed by atoms with E-state index >= 15 is 0 Å². The van der Waals surface area contributed by atoms with Crippen molar-refractivity contribution in [2.24, 2.45) is 0 Å². The molecule has 2 aromatic carbocycles. The Bertz CT molecular complexity index is 830. The number of esters is 1. The van der Waals surface area contributed by atoms with E-state index in [4.69, 9.17) is 4.74 Å². The number of likely N-dealkylation sites (tertiary alicyclic amines) is 1. The third kappa shape index (κ3) is 4.13. The van der Waals surface area contributed by atoms with Crippen molar-refractivity contribution in [2.75, 3.05) is 20.2 Å². The van der Waals surface area contributed by atoms with Gasteiger partial charge >= 0.3 is 5.97 Å². The van der Waals surface area contributed by atoms with Crippen molar-refractivity contribution >= 4 is 11.9 Å². The molecule has 0 aromatic heterocycles. The zero-order valence-electron chi connectivity index (χ0n) is 16.2. The summed E-state index contributed by atoms with van der Waals surface area (Å²) in [6.07, 6.45) is -0.00760. The van der Waals surface area contributed by atoms with E-state index in [-0.39, 0.29) is 17.4 Å². The van der Waals surface area contributed by atoms with E-state index in [0.717, 1.165) is 11.3 Å². The average Bonchev–Trinajstić information content (AvgIpc) is 2.63. The maximum atomic E-state index is 12.6. The SMILES string of the molecule is COC(=O)c1ccc(C(=O)N2CC(Oc3ccccc3C(C)(C)C)C2)cc1. The minimum Gasteiger partial charge on any atom is -0.486 e. The van der Waals surface area contributed by atoms with E-state index < -0.39 is 5.97 Å². The van der Waals surface area contributed by atoms with E-state index in [0.29, 0.717) is 24.2 Å². The number of hydrogen-bond donors (Lipinski definition) is 0. The first-order chi connectivity index (χ1) is 12.8. The Morgan fingerprint density at radius 1 is 0.963 bits per heavy atom. The molecule has 0 N–H and O–H groups in total. The molecule has 0 saturated carbocycles. The number of methoxy groups -OCH3 is 1. The average molecular weight is 367 g/mol. The predicted octanol–water partition coefficient (Wildman–Crippen LogP) is 3.67. The molecule has 1 fully saturated rings. The summed E-state index contributed by atoms with van der Waals surface area (Å²) >= 11 is 0. The van der Waals surface area contributed by atoms with E-state index in [2.05, 4.69) is 31.6 Å². The van der Waals surface area contributed by atoms with Gasteiger partial charge in [-0.1, -0.05) is 39.0 Å². The highest BCUT2D eigenvalue weighted by atomic mass is 16.5. The molecular weight excluding hydrogens is 342 g/mol. The highest BCUT2D eigenvalue weighted by Crippen LogP contribution is 2.32. The molecule has 0 radical (unpaired) electrons. The van der Waals surface area contributed by atoms with Gasteiger partial charge in [-0.05, 0) is 41.3 Å². The summed E-state index contributed by atoms with van der Waals surface area (Å²) in [7, 11) is 1.33. The van der Waals surface area contributed by atoms with Gasteiger partial charge in [0, 0.05) is 5.56 Å². The van der Waals surface area contributed by atoms with Gasteiger partial charge in [0.15, 0.2) is 0 Å². The van der Waals surface area contributed by atoms with Crippen LogP contribution in [0.15, 0.2) is 48.5 Å². The smallest absolute Gasteiger partial charge is 0.337 e. The van der Waals surface area contributed by atoms with Crippen LogP contribution in [-0.2, 0) is 10.2 Å². The number of hydrogen-bond acceptors (Lipinski definition) is 4. The molecule has 3 rings (SSSR count). The van der Waals surface area contributed by atoms with Crippen LogP contribution in [0.4, 0.5) is 0 Å². The lowest BCUT2D eigenvalue weighted by Crippen LogP contribution is -2.56. The van der Waals surface area contributed by atoms with Gasteiger partial charge < -0.3 is 14.4 Å². The fourth-order valence-corrected chi connectivity index (χ4v) is 3.10. The van der Waals surface area contributed by atoms with Crippen LogP contribution in [0.5, 0.6) is 5.75 Å². The molecule has 1 aliphatic rings. The Morgan fingerprint density at radius 2 is 1.56 bits per heavy atom. The third-order valence-corrected chi connectivity index (χ3v) is 4.68. The minimum atomic E-state index is -0.413. The Hall–Kier alpha value is -2.82. The summed E-state index contributed by atoms with van der Waals surface area (Å²) < 4.78 is 10.8. The molecule has 27 heavy (non-hydrogen) atoms. The molecule has 0 spiro atoms. The Balaban J connectivity index is 1.60. The maximum absolute atomic E-state index is 12.6. The summed E-state index contributed by atoms with van der Waals surface area (Å²) in [5.41, 5.74) is 2.14. The van der Waals surface area contributed by atoms with Gasteiger partial charge in [0.25, 0.3) is 5.91 Å². The van der Waals surface area contributed by atoms with Crippen LogP contribution in [-0.4, -0.2) is 43.1 Å². The maximum Gasteiger partial charge on any atom is 0.337 e. The number of nitrogens with zero attached hydrogens (tertiary/aromatic N) is 1. The van der Waals surface area contributed by atoms with Crippen LogP contribution in [0, 0.1) is 0 Å². The molecule has 0 atom stereocenters. The van der Waals surface area contributed by atoms with Gasteiger partial charge in [-0.25, -0.2) is 4.79 Å². The molecule has 5 nitrogen and oxygen atoms in total. The molecule has 142 valence electrons. The van der Waals surface area contributed by atoms with E-state index in [1.54, 1.807) is 29.2 Å². The molecule has 1 saturated heterocycles. The summed E-state index contributed by atoms with van der Waals surface area (Å²) in [6, 6.07) is 14.6. The lowest BCUT2D eigenvalue weighted by molar-refractivity contribution is 0.0171. The molecule has 1 amide bonds. The second-order valence-electron chi connectivity index (χ2n) is 7.77. The first-order valence-electron chi connectivity index (χ1n) is 9.03. The van der Waals surface area contributed by atoms with Crippen molar-refractivity contribution in [1.29, 1.82) is 0 Å². The third-order valence-electron chi connectivity index (χ3n) is 4.68. The standard InChI is InChI=1S/C22H25NO4/c1-22(2,3)18-7-5-6-8-19(18)27-17-13-23(14-17)20(24)15-9-11-16(12-10-15)21(25)26-4/h5-12,17H,13-14H2,1-4H3. The summed E-state index contributed by atoms with van der Waals surface area (Å²) in [6.45, 7) is 7.57. The number of benzene rings is 2. The molecule has 2 aromatic rings. The zero-order valence-corrected chi connectivity index (χ0v) is 16.2. The highest BCUT2D eigenvalue weighted by Gasteiger charge is 2.33. The zero-order chi connectivity index (χ0) is 19.6. The Labute approximate surface area is 159 Å². The van der Waals surface area contributed by atoms with Gasteiger partial charge in [-0.3, -0.25) is 4.79 Å². The second kappa shape index (κ2) is 7.43. The predicted molar refractivity (Wildman–Crippen MR) is 103 cm³/mol. The van der Waals surface area contributed by atoms with Gasteiger partial charge in [0.1, 0.15) is 11.9 Å². The monoisotopic (exact) mass is 367 g/mol. The first kappa shape index (κ1) is 19.0. The second-order valence-corrected chi connectivity index (χ2v) is 7.77. The highest BCUT2D eigenvalue weighted by molar-refractivity contribution is 5.96. The molecule has 1 heterocycles. The topological polar surface area (TPSA) is 55.8 Å². The Morgan fingerprint density at radius 3 is 2.15 bits per heavy atom. The van der Waals surface area contributed by atoms with Crippen LogP contribution in [0.1, 0.15) is 47.1 Å². The number of para-hydroxylation sites is 1. The normalized spacial score (nSPS) is 14.4. The molecule has 0 bridgehead atoms. The summed E-state index contributed by atoms with van der Waals surface area (Å²) in [5.74, 6) is 0.406. The van der Waals surface area contributed by atoms with E-state index in [1.807, 2.05) is 18.2 Å². The Kier molecular flexibility index (Phi) is 5.22. The molecule has 0 aliphatic carbocycles. The lowest BCUT2D eigenvalue weighted by atomic mass is 9.86. The lowest BCUT2D eigenvalue weighted by Gasteiger charge is -2.39. The molecular formula is C22H25NO4. The fraction of sp³-hybridized carbons (Fsp3) is 0.364. The van der Waals surface area contributed by atoms with Crippen LogP contribution >= 0.6 is 0 Å². The number of rotatable bonds is 4. The van der Waals surface area contributed by atoms with Crippen molar-refractivity contribution in [3.8, 4) is 5.75 Å². The largest absolute Gasteiger partial charge is 0.486 e. The van der Waals surface area contributed by atoms with Gasteiger partial charge in [-0.15, -0.1) is 0 Å². The number of ether oxygens (including phenoxy) is 2. The van der Waals surface area contributed by atoms with Crippen molar-refractivity contribution in [1.82, 2.24) is 4.90 Å². The number of carbonyl (C=O) groups is 2. The van der Waals surface area contributed by atoms with Crippen molar-refractivity contribution in [2.45, 2.75) is 32.3 Å². The summed E-state index contributed by atoms with van der Waals surface area (Å²) in [4.78, 5) is 25.8. The van der Waals surface area contributed by atoms with Gasteiger partial charge in [0.05, 0.1) is 25.8 Å². The van der Waals surface area contributed by atoms with Gasteiger partial charge in [-0.2, -0.15) is 0 Å².